The zero-order chi connectivity index (χ0) is 50.6. The Labute approximate surface area is 438 Å². The fraction of sp³-hybridized carbons (Fsp3) is 0.167. The molecule has 0 bridgehead atoms. The van der Waals surface area contributed by atoms with Gasteiger partial charge in [0.15, 0.2) is 0 Å². The molecule has 10 aromatic rings. The van der Waals surface area contributed by atoms with Gasteiger partial charge in [-0.3, -0.25) is 0 Å². The number of anilines is 3. The molecule has 0 saturated carbocycles. The van der Waals surface area contributed by atoms with E-state index in [1.165, 1.54) is 84.3 Å². The van der Waals surface area contributed by atoms with Gasteiger partial charge in [0.2, 0.25) is 0 Å². The fourth-order valence-corrected chi connectivity index (χ4v) is 12.4. The molecule has 2 aliphatic carbocycles. The highest BCUT2D eigenvalue weighted by molar-refractivity contribution is 5.90. The largest absolute Gasteiger partial charge is 0.457 e. The van der Waals surface area contributed by atoms with Gasteiger partial charge in [-0.15, -0.1) is 0 Å². The monoisotopic (exact) mass is 957 g/mol. The lowest BCUT2D eigenvalue weighted by atomic mass is 9.67. The Hall–Kier alpha value is -8.20. The molecule has 2 unspecified atom stereocenters. The van der Waals surface area contributed by atoms with E-state index in [0.29, 0.717) is 17.8 Å². The van der Waals surface area contributed by atoms with Gasteiger partial charge in [0.05, 0.1) is 5.41 Å². The maximum atomic E-state index is 6.57. The summed E-state index contributed by atoms with van der Waals surface area (Å²) >= 11 is 0. The van der Waals surface area contributed by atoms with Crippen molar-refractivity contribution < 1.29 is 4.74 Å². The number of hydrogen-bond acceptors (Lipinski definition) is 2. The minimum atomic E-state index is -0.560. The summed E-state index contributed by atoms with van der Waals surface area (Å²) in [5.74, 6) is 3.43. The van der Waals surface area contributed by atoms with Crippen molar-refractivity contribution in [3.05, 3.63) is 282 Å². The molecule has 0 N–H and O–H groups in total. The fourth-order valence-electron chi connectivity index (χ4n) is 12.4. The molecule has 2 aliphatic rings. The molecule has 74 heavy (non-hydrogen) atoms. The number of rotatable bonds is 13. The maximum Gasteiger partial charge on any atom is 0.127 e. The molecule has 0 heterocycles. The van der Waals surface area contributed by atoms with Crippen molar-refractivity contribution >= 4 is 17.1 Å². The topological polar surface area (TPSA) is 12.5 Å². The van der Waals surface area contributed by atoms with Crippen molar-refractivity contribution in [1.29, 1.82) is 0 Å². The first kappa shape index (κ1) is 46.8. The van der Waals surface area contributed by atoms with Crippen LogP contribution < -0.4 is 9.64 Å². The minimum absolute atomic E-state index is 0.121. The second kappa shape index (κ2) is 19.0. The van der Waals surface area contributed by atoms with Gasteiger partial charge in [-0.1, -0.05) is 217 Å². The molecule has 2 heteroatoms. The molecule has 0 aliphatic heterocycles. The van der Waals surface area contributed by atoms with E-state index in [9.17, 15) is 0 Å². The van der Waals surface area contributed by atoms with Crippen LogP contribution in [0, 0.1) is 11.8 Å². The molecule has 0 radical (unpaired) electrons. The van der Waals surface area contributed by atoms with Crippen LogP contribution in [0.2, 0.25) is 0 Å². The third kappa shape index (κ3) is 8.14. The lowest BCUT2D eigenvalue weighted by molar-refractivity contribution is 0.407. The average molecular weight is 958 g/mol. The second-order valence-corrected chi connectivity index (χ2v) is 21.8. The molecule has 0 spiro atoms. The normalized spacial score (nSPS) is 15.3. The van der Waals surface area contributed by atoms with Crippen molar-refractivity contribution in [1.82, 2.24) is 0 Å². The third-order valence-corrected chi connectivity index (χ3v) is 16.1. The Morgan fingerprint density at radius 2 is 0.838 bits per heavy atom. The van der Waals surface area contributed by atoms with Crippen LogP contribution in [0.1, 0.15) is 92.8 Å². The maximum absolute atomic E-state index is 6.57. The van der Waals surface area contributed by atoms with E-state index in [1.54, 1.807) is 0 Å². The Balaban J connectivity index is 0.916. The molecular weight excluding hydrogens is 895 g/mol. The smallest absolute Gasteiger partial charge is 0.127 e. The highest BCUT2D eigenvalue weighted by Crippen LogP contribution is 2.57. The SMILES string of the molecule is CC(C)CC(c1ccc(Oc2ccc(C3(c4ccccc4)c4ccccc4-c4ccc(-c5ccc(N(c6ccc(-c7ccccc7)cc6)c6ccc7c(c6)C(C)(C)c6ccccc6-7)cc5)cc43)cc2)cc1)C(C)C. The van der Waals surface area contributed by atoms with Crippen molar-refractivity contribution in [2.75, 3.05) is 4.90 Å². The van der Waals surface area contributed by atoms with E-state index < -0.39 is 5.41 Å². The van der Waals surface area contributed by atoms with Crippen LogP contribution in [-0.4, -0.2) is 0 Å². The molecule has 362 valence electrons. The summed E-state index contributed by atoms with van der Waals surface area (Å²) in [5, 5.41) is 0. The summed E-state index contributed by atoms with van der Waals surface area (Å²) in [7, 11) is 0. The zero-order valence-electron chi connectivity index (χ0n) is 43.4. The predicted octanol–water partition coefficient (Wildman–Crippen LogP) is 19.7. The van der Waals surface area contributed by atoms with E-state index in [1.807, 2.05) is 0 Å². The predicted molar refractivity (Wildman–Crippen MR) is 310 cm³/mol. The van der Waals surface area contributed by atoms with Crippen LogP contribution in [0.15, 0.2) is 243 Å². The van der Waals surface area contributed by atoms with Crippen molar-refractivity contribution in [2.24, 2.45) is 11.8 Å². The first-order chi connectivity index (χ1) is 36.1. The quantitative estimate of drug-likeness (QED) is 0.114. The number of fused-ring (bicyclic) bond motifs is 6. The summed E-state index contributed by atoms with van der Waals surface area (Å²) in [4.78, 5) is 2.41. The van der Waals surface area contributed by atoms with Gasteiger partial charge in [0.25, 0.3) is 0 Å². The first-order valence-electron chi connectivity index (χ1n) is 26.6. The molecule has 12 rings (SSSR count). The number of ether oxygens (including phenoxy) is 1. The summed E-state index contributed by atoms with van der Waals surface area (Å²) in [6.45, 7) is 14.0. The summed E-state index contributed by atoms with van der Waals surface area (Å²) in [6.07, 6.45) is 1.18. The lowest BCUT2D eigenvalue weighted by Gasteiger charge is -2.34. The second-order valence-electron chi connectivity index (χ2n) is 21.8. The van der Waals surface area contributed by atoms with Gasteiger partial charge in [-0.25, -0.2) is 0 Å². The van der Waals surface area contributed by atoms with Crippen LogP contribution in [0.5, 0.6) is 11.5 Å². The molecule has 10 aromatic carbocycles. The van der Waals surface area contributed by atoms with E-state index in [0.717, 1.165) is 34.1 Å². The molecule has 0 saturated heterocycles. The molecule has 0 amide bonds. The van der Waals surface area contributed by atoms with Crippen LogP contribution >= 0.6 is 0 Å². The highest BCUT2D eigenvalue weighted by Gasteiger charge is 2.46. The van der Waals surface area contributed by atoms with Gasteiger partial charge in [-0.2, -0.15) is 0 Å². The Kier molecular flexibility index (Phi) is 12.0. The van der Waals surface area contributed by atoms with Crippen molar-refractivity contribution in [3.63, 3.8) is 0 Å². The van der Waals surface area contributed by atoms with E-state index in [2.05, 4.69) is 289 Å². The molecule has 2 atom stereocenters. The van der Waals surface area contributed by atoms with Gasteiger partial charge in [-0.05, 0) is 174 Å². The van der Waals surface area contributed by atoms with Crippen LogP contribution in [0.3, 0.4) is 0 Å². The van der Waals surface area contributed by atoms with Crippen LogP contribution in [0.25, 0.3) is 44.5 Å². The summed E-state index contributed by atoms with van der Waals surface area (Å²) < 4.78 is 6.57. The Bertz CT molecular complexity index is 3610. The Morgan fingerprint density at radius 1 is 0.378 bits per heavy atom. The third-order valence-electron chi connectivity index (χ3n) is 16.1. The summed E-state index contributed by atoms with van der Waals surface area (Å²) in [5.41, 5.74) is 21.7. The van der Waals surface area contributed by atoms with Crippen molar-refractivity contribution in [3.8, 4) is 56.0 Å². The van der Waals surface area contributed by atoms with E-state index in [-0.39, 0.29) is 5.41 Å². The summed E-state index contributed by atoms with van der Waals surface area (Å²) in [6, 6.07) is 89.5. The average Bonchev–Trinajstić information content (AvgIpc) is 3.87. The Morgan fingerprint density at radius 3 is 1.46 bits per heavy atom. The molecule has 0 fully saturated rings. The minimum Gasteiger partial charge on any atom is -0.457 e. The van der Waals surface area contributed by atoms with E-state index >= 15 is 0 Å². The number of benzene rings is 10. The van der Waals surface area contributed by atoms with Gasteiger partial charge < -0.3 is 9.64 Å². The number of hydrogen-bond donors (Lipinski definition) is 0. The van der Waals surface area contributed by atoms with Crippen LogP contribution in [-0.2, 0) is 10.8 Å². The standard InChI is InChI=1S/C72H63NO/c1-48(2)45-66(49(3)4)53-29-39-60(40-30-53)74-61-41-32-56(33-42-61)72(55-19-11-8-12-20-55)68-24-16-14-22-63(68)65-43-31-54(46-70(65)72)52-27-36-58(37-28-52)73(57-34-25-51(26-35-57)50-17-9-7-10-18-50)59-38-44-64-62-21-13-15-23-67(62)71(5,6)69(64)47-59/h7-44,46-49,66H,45H2,1-6H3. The number of nitrogens with zero attached hydrogens (tertiary/aromatic N) is 1. The van der Waals surface area contributed by atoms with Gasteiger partial charge in [0, 0.05) is 22.5 Å². The van der Waals surface area contributed by atoms with Gasteiger partial charge >= 0.3 is 0 Å². The zero-order valence-corrected chi connectivity index (χ0v) is 43.4. The molecule has 0 aromatic heterocycles. The van der Waals surface area contributed by atoms with E-state index in [4.69, 9.17) is 4.74 Å². The highest BCUT2D eigenvalue weighted by atomic mass is 16.5. The van der Waals surface area contributed by atoms with Crippen LogP contribution in [0.4, 0.5) is 17.1 Å². The van der Waals surface area contributed by atoms with Crippen molar-refractivity contribution in [2.45, 2.75) is 64.7 Å². The lowest BCUT2D eigenvalue weighted by Crippen LogP contribution is -2.28. The van der Waals surface area contributed by atoms with Gasteiger partial charge in [0.1, 0.15) is 11.5 Å². The first-order valence-corrected chi connectivity index (χ1v) is 26.6. The molecule has 2 nitrogen and oxygen atoms in total. The molecular formula is C72H63NO.